The molecule has 2 aromatic heterocycles. The van der Waals surface area contributed by atoms with E-state index in [0.717, 1.165) is 41.1 Å². The van der Waals surface area contributed by atoms with Crippen LogP contribution >= 0.6 is 23.7 Å². The number of aliphatic carboxylic acids is 1. The molecule has 3 saturated heterocycles. The Morgan fingerprint density at radius 2 is 1.53 bits per heavy atom. The average Bonchev–Trinajstić information content (AvgIpc) is 3.78. The molecule has 3 fully saturated rings. The van der Waals surface area contributed by atoms with Crippen molar-refractivity contribution in [1.29, 1.82) is 0 Å². The summed E-state index contributed by atoms with van der Waals surface area (Å²) in [5.41, 5.74) is -1.13. The predicted molar refractivity (Wildman–Crippen MR) is 273 cm³/mol. The standard InChI is InChI=1S/C36H42F3N3O6S.C16H25NO.CO2.CH4.ClH/c1-4-9-30-35(48-26-20-23(2)49-22-26,16-8-18-42(30)33(45)32-28(36(37,38)39)11-7-17-40-32)34(46)41-19-15-24(21-25(41)13-14-31(43)44)27-10-5-6-12-29(27)47-3;1-3-4-7-14-12-13(10-11-17-14)15-8-5-6-9-16(15)18-2;2-1-3;;/h5-7,10-12,17,20,22,24-25,30H,4,8-9,13-16,18-19,21H2,1-3H3,(H,43,44);5-6,8-9,13-14,17H,3-4,7,10-12H2,1-2H3;;1H4;1H/t24-,25+,30-,35+;;;;/m1..../s1. The van der Waals surface area contributed by atoms with Gasteiger partial charge in [0, 0.05) is 54.5 Å². The maximum absolute atomic E-state index is 15.2. The number of carboxylic acid groups (broad SMARTS) is 1. The summed E-state index contributed by atoms with van der Waals surface area (Å²) in [6, 6.07) is 19.2. The summed E-state index contributed by atoms with van der Waals surface area (Å²) in [6.07, 6.45) is 5.42. The monoisotopic (exact) mass is 1040 g/mol. The highest BCUT2D eigenvalue weighted by atomic mass is 35.5. The van der Waals surface area contributed by atoms with Gasteiger partial charge in [-0.25, -0.2) is 0 Å². The summed E-state index contributed by atoms with van der Waals surface area (Å²) in [7, 11) is 3.37. The third-order valence-corrected chi connectivity index (χ3v) is 14.4. The molecule has 396 valence electrons. The second-order valence-electron chi connectivity index (χ2n) is 18.1. The number of carbonyl (C=O) groups is 3. The molecule has 3 aliphatic heterocycles. The van der Waals surface area contributed by atoms with Crippen molar-refractivity contribution in [2.45, 2.75) is 153 Å². The molecule has 4 aromatic rings. The Kier molecular flexibility index (Phi) is 24.7. The number of unbranched alkanes of at least 4 members (excludes halogenated alkanes) is 1. The molecule has 6 atom stereocenters. The van der Waals surface area contributed by atoms with Gasteiger partial charge in [-0.15, -0.1) is 23.7 Å². The molecular weight excluding hydrogens is 973 g/mol. The lowest BCUT2D eigenvalue weighted by Gasteiger charge is -2.52. The average molecular weight is 1050 g/mol. The summed E-state index contributed by atoms with van der Waals surface area (Å²) >= 11 is 1.43. The highest BCUT2D eigenvalue weighted by molar-refractivity contribution is 7.10. The normalized spacial score (nSPS) is 21.6. The third kappa shape index (κ3) is 15.5. The van der Waals surface area contributed by atoms with Crippen LogP contribution in [0, 0.1) is 6.92 Å². The number of benzene rings is 2. The lowest BCUT2D eigenvalue weighted by molar-refractivity contribution is -0.191. The molecule has 72 heavy (non-hydrogen) atoms. The van der Waals surface area contributed by atoms with Crippen molar-refractivity contribution in [2.24, 2.45) is 0 Å². The minimum absolute atomic E-state index is 0. The number of aromatic nitrogens is 1. The smallest absolute Gasteiger partial charge is 0.418 e. The Labute approximate surface area is 432 Å². The Morgan fingerprint density at radius 3 is 2.10 bits per heavy atom. The number of nitrogens with one attached hydrogen (secondary N) is 1. The largest absolute Gasteiger partial charge is 0.496 e. The molecule has 2 N–H and O–H groups in total. The highest BCUT2D eigenvalue weighted by Crippen LogP contribution is 2.44. The van der Waals surface area contributed by atoms with E-state index in [1.807, 2.05) is 38.1 Å². The summed E-state index contributed by atoms with van der Waals surface area (Å²) in [4.78, 5) is 65.2. The number of aryl methyl sites for hydroxylation is 1. The van der Waals surface area contributed by atoms with E-state index < -0.39 is 52.9 Å². The Bertz CT molecular complexity index is 2370. The first-order valence-electron chi connectivity index (χ1n) is 24.2. The minimum Gasteiger partial charge on any atom is -0.496 e. The number of alkyl halides is 3. The van der Waals surface area contributed by atoms with Crippen LogP contribution in [0.1, 0.15) is 149 Å². The number of hydrogen-bond acceptors (Lipinski definition) is 11. The van der Waals surface area contributed by atoms with Gasteiger partial charge in [-0.05, 0) is 118 Å². The van der Waals surface area contributed by atoms with Crippen LogP contribution in [-0.4, -0.2) is 101 Å². The zero-order chi connectivity index (χ0) is 50.8. The van der Waals surface area contributed by atoms with Crippen LogP contribution in [0.25, 0.3) is 0 Å². The van der Waals surface area contributed by atoms with Crippen molar-refractivity contribution >= 4 is 47.7 Å². The first-order valence-corrected chi connectivity index (χ1v) is 25.1. The van der Waals surface area contributed by atoms with E-state index in [2.05, 4.69) is 41.5 Å². The van der Waals surface area contributed by atoms with Crippen molar-refractivity contribution in [1.82, 2.24) is 20.1 Å². The van der Waals surface area contributed by atoms with Crippen molar-refractivity contribution in [2.75, 3.05) is 33.9 Å². The fourth-order valence-corrected chi connectivity index (χ4v) is 11.0. The molecule has 2 amide bonds. The summed E-state index contributed by atoms with van der Waals surface area (Å²) < 4.78 is 60.0. The molecule has 0 spiro atoms. The third-order valence-electron chi connectivity index (χ3n) is 13.6. The number of amides is 2. The molecule has 7 rings (SSSR count). The van der Waals surface area contributed by atoms with Crippen LogP contribution in [0.5, 0.6) is 17.2 Å². The predicted octanol–water partition coefficient (Wildman–Crippen LogP) is 11.5. The number of carbonyl (C=O) groups excluding carboxylic acids is 4. The van der Waals surface area contributed by atoms with Crippen molar-refractivity contribution in [3.63, 3.8) is 0 Å². The van der Waals surface area contributed by atoms with E-state index >= 15 is 4.79 Å². The first kappa shape index (κ1) is 60.8. The fraction of sp³-hybridized carbons (Fsp3) is 0.537. The zero-order valence-electron chi connectivity index (χ0n) is 41.2. The molecule has 0 saturated carbocycles. The van der Waals surface area contributed by atoms with E-state index in [1.165, 1.54) is 53.9 Å². The van der Waals surface area contributed by atoms with Gasteiger partial charge in [-0.1, -0.05) is 76.9 Å². The number of nitrogens with zero attached hydrogens (tertiary/aromatic N) is 3. The van der Waals surface area contributed by atoms with Gasteiger partial charge in [0.15, 0.2) is 0 Å². The number of hydrogen-bond donors (Lipinski definition) is 2. The van der Waals surface area contributed by atoms with Crippen molar-refractivity contribution < 1.29 is 56.5 Å². The van der Waals surface area contributed by atoms with Gasteiger partial charge < -0.3 is 34.4 Å². The Morgan fingerprint density at radius 1 is 0.889 bits per heavy atom. The molecular formula is C54H72ClF3N4O9S. The van der Waals surface area contributed by atoms with E-state index in [0.29, 0.717) is 55.7 Å². The Balaban J connectivity index is 0.000000497. The van der Waals surface area contributed by atoms with Gasteiger partial charge in [0.05, 0.1) is 25.8 Å². The van der Waals surface area contributed by atoms with Crippen LogP contribution in [0.4, 0.5) is 13.2 Å². The number of piperidine rings is 3. The number of halogens is 4. The van der Waals surface area contributed by atoms with Crippen molar-refractivity contribution in [3.8, 4) is 17.2 Å². The molecule has 0 bridgehead atoms. The first-order chi connectivity index (χ1) is 33.7. The van der Waals surface area contributed by atoms with Gasteiger partial charge in [0.25, 0.3) is 11.8 Å². The topological polar surface area (TPSA) is 165 Å². The highest BCUT2D eigenvalue weighted by Gasteiger charge is 2.57. The summed E-state index contributed by atoms with van der Waals surface area (Å²) in [6.45, 7) is 7.60. The summed E-state index contributed by atoms with van der Waals surface area (Å²) in [5, 5.41) is 15.1. The van der Waals surface area contributed by atoms with E-state index in [1.54, 1.807) is 30.6 Å². The molecule has 0 radical (unpaired) electrons. The van der Waals surface area contributed by atoms with Crippen LogP contribution in [0.2, 0.25) is 0 Å². The minimum atomic E-state index is -4.81. The van der Waals surface area contributed by atoms with E-state index in [-0.39, 0.29) is 64.1 Å². The molecule has 2 aromatic carbocycles. The van der Waals surface area contributed by atoms with Crippen LogP contribution < -0.4 is 19.5 Å². The van der Waals surface area contributed by atoms with Crippen LogP contribution in [0.3, 0.4) is 0 Å². The SMILES string of the molecule is C.CCCCC1CC(c2ccccc2OC)CCN1.CCC[C@H]1N(C(=O)c2ncccc2C(F)(F)F)CCC[C@@]1(Oc1csc(C)c1)C(=O)N1CC[C@@H](c2ccccc2OC)C[C@@H]1CCC(=O)O.Cl.O=C=O. The second-order valence-corrected chi connectivity index (χ2v) is 19.2. The number of pyridine rings is 1. The molecule has 3 aliphatic rings. The number of carboxylic acids is 1. The Hall–Kier alpha value is -5.48. The molecule has 13 nitrogen and oxygen atoms in total. The van der Waals surface area contributed by atoms with Gasteiger partial charge in [0.1, 0.15) is 22.9 Å². The van der Waals surface area contributed by atoms with Gasteiger partial charge in [-0.3, -0.25) is 19.4 Å². The number of thiophene rings is 1. The molecule has 0 aliphatic carbocycles. The van der Waals surface area contributed by atoms with Crippen LogP contribution in [-0.2, 0) is 25.4 Å². The lowest BCUT2D eigenvalue weighted by Crippen LogP contribution is -2.69. The van der Waals surface area contributed by atoms with E-state index in [9.17, 15) is 27.9 Å². The molecule has 5 heterocycles. The fourth-order valence-electron chi connectivity index (χ4n) is 10.4. The number of likely N-dealkylation sites (tertiary alicyclic amines) is 2. The second kappa shape index (κ2) is 29.3. The van der Waals surface area contributed by atoms with Crippen LogP contribution in [0.15, 0.2) is 78.3 Å². The van der Waals surface area contributed by atoms with Crippen molar-refractivity contribution in [3.05, 3.63) is 106 Å². The van der Waals surface area contributed by atoms with Gasteiger partial charge in [0.2, 0.25) is 5.60 Å². The zero-order valence-corrected chi connectivity index (χ0v) is 42.8. The van der Waals surface area contributed by atoms with E-state index in [4.69, 9.17) is 23.8 Å². The number of methoxy groups -OCH3 is 2. The van der Waals surface area contributed by atoms with Gasteiger partial charge in [-0.2, -0.15) is 22.8 Å². The maximum atomic E-state index is 15.2. The van der Waals surface area contributed by atoms with Gasteiger partial charge >= 0.3 is 18.3 Å². The molecule has 18 heteroatoms. The number of rotatable bonds is 16. The quantitative estimate of drug-likeness (QED) is 0.110. The maximum Gasteiger partial charge on any atom is 0.418 e. The number of ether oxygens (including phenoxy) is 3. The summed E-state index contributed by atoms with van der Waals surface area (Å²) in [5.74, 6) is 0.573. The lowest BCUT2D eigenvalue weighted by atomic mass is 9.77. The number of para-hydroxylation sites is 2. The molecule has 2 unspecified atom stereocenters.